The van der Waals surface area contributed by atoms with E-state index in [-0.39, 0.29) is 0 Å². The SMILES string of the molecule is C=CC=CC=[13CH2]. The Balaban J connectivity index is 3.17. The first-order chi connectivity index (χ1) is 2.91. The molecule has 0 nitrogen and oxygen atoms in total. The molecule has 0 N–H and O–H groups in total. The topological polar surface area (TPSA) is 0 Å². The average molecular weight is 81.1 g/mol. The van der Waals surface area contributed by atoms with Crippen LogP contribution in [0.4, 0.5) is 0 Å². The molecule has 0 bridgehead atoms. The molecule has 0 aromatic rings. The van der Waals surface area contributed by atoms with Crippen molar-refractivity contribution >= 4 is 0 Å². The van der Waals surface area contributed by atoms with Gasteiger partial charge in [0.05, 0.1) is 0 Å². The molecule has 0 atom stereocenters. The number of allylic oxidation sites excluding steroid dienone is 4. The minimum Gasteiger partial charge on any atom is -0.0991 e. The van der Waals surface area contributed by atoms with Crippen molar-refractivity contribution in [3.63, 3.8) is 0 Å². The molecule has 32 valence electrons. The van der Waals surface area contributed by atoms with Gasteiger partial charge in [-0.05, 0) is 0 Å². The molecule has 0 unspecified atom stereocenters. The normalized spacial score (nSPS) is 8.67. The predicted molar refractivity (Wildman–Crippen MR) is 29.5 cm³/mol. The molecule has 0 aromatic heterocycles. The van der Waals surface area contributed by atoms with Crippen molar-refractivity contribution in [2.75, 3.05) is 0 Å². The molecule has 0 aliphatic heterocycles. The molecule has 0 aliphatic carbocycles. The Morgan fingerprint density at radius 2 is 1.17 bits per heavy atom. The van der Waals surface area contributed by atoms with Crippen LogP contribution >= 0.6 is 0 Å². The number of hydrogen-bond acceptors (Lipinski definition) is 0. The highest BCUT2D eigenvalue weighted by molar-refractivity contribution is 5.05. The Morgan fingerprint density at radius 1 is 0.833 bits per heavy atom. The lowest BCUT2D eigenvalue weighted by Crippen LogP contribution is -1.38. The van der Waals surface area contributed by atoms with Gasteiger partial charge in [-0.3, -0.25) is 0 Å². The van der Waals surface area contributed by atoms with E-state index in [9.17, 15) is 0 Å². The van der Waals surface area contributed by atoms with Crippen LogP contribution in [-0.4, -0.2) is 0 Å². The summed E-state index contributed by atoms with van der Waals surface area (Å²) in [5.41, 5.74) is 0. The lowest BCUT2D eigenvalue weighted by Gasteiger charge is -1.60. The monoisotopic (exact) mass is 81.1 g/mol. The van der Waals surface area contributed by atoms with Gasteiger partial charge in [-0.25, -0.2) is 0 Å². The second kappa shape index (κ2) is 4.22. The fourth-order valence-electron chi connectivity index (χ4n) is 0.157. The molecule has 0 spiro atoms. The Labute approximate surface area is 38.5 Å². The lowest BCUT2D eigenvalue weighted by atomic mass is 10.5. The van der Waals surface area contributed by atoms with E-state index in [0.29, 0.717) is 0 Å². The van der Waals surface area contributed by atoms with E-state index in [0.717, 1.165) is 0 Å². The molecule has 6 heavy (non-hydrogen) atoms. The molecule has 0 heteroatoms. The van der Waals surface area contributed by atoms with Crippen LogP contribution in [-0.2, 0) is 0 Å². The minimum atomic E-state index is 1.71. The highest BCUT2D eigenvalue weighted by Crippen LogP contribution is 1.69. The van der Waals surface area contributed by atoms with Crippen LogP contribution in [0, 0.1) is 0 Å². The van der Waals surface area contributed by atoms with Gasteiger partial charge in [0.2, 0.25) is 0 Å². The van der Waals surface area contributed by atoms with Crippen molar-refractivity contribution < 1.29 is 0 Å². The summed E-state index contributed by atoms with van der Waals surface area (Å²) in [6.07, 6.45) is 7.07. The Hall–Kier alpha value is -0.780. The van der Waals surface area contributed by atoms with Crippen LogP contribution < -0.4 is 0 Å². The van der Waals surface area contributed by atoms with Crippen molar-refractivity contribution in [2.24, 2.45) is 0 Å². The van der Waals surface area contributed by atoms with E-state index >= 15 is 0 Å². The van der Waals surface area contributed by atoms with Crippen molar-refractivity contribution in [3.8, 4) is 0 Å². The maximum Gasteiger partial charge on any atom is -0.0629 e. The van der Waals surface area contributed by atoms with E-state index in [1.165, 1.54) is 0 Å². The third kappa shape index (κ3) is 3.22. The van der Waals surface area contributed by atoms with Crippen LogP contribution in [0.2, 0.25) is 0 Å². The molecule has 0 fully saturated rings. The van der Waals surface area contributed by atoms with Gasteiger partial charge < -0.3 is 0 Å². The fourth-order valence-corrected chi connectivity index (χ4v) is 0.157. The van der Waals surface area contributed by atoms with Crippen LogP contribution in [0.5, 0.6) is 0 Å². The summed E-state index contributed by atoms with van der Waals surface area (Å²) < 4.78 is 0. The highest BCUT2D eigenvalue weighted by Gasteiger charge is 1.47. The summed E-state index contributed by atoms with van der Waals surface area (Å²) in [6, 6.07) is 0. The Bertz CT molecular complexity index is 58.1. The van der Waals surface area contributed by atoms with Crippen LogP contribution in [0.3, 0.4) is 0 Å². The molecule has 0 rings (SSSR count). The highest BCUT2D eigenvalue weighted by atomic mass is 13.7. The average Bonchev–Trinajstić information content (AvgIpc) is 1.61. The van der Waals surface area contributed by atoms with E-state index < -0.39 is 0 Å². The lowest BCUT2D eigenvalue weighted by molar-refractivity contribution is 1.98. The summed E-state index contributed by atoms with van der Waals surface area (Å²) in [5, 5.41) is 0. The first-order valence-electron chi connectivity index (χ1n) is 1.82. The second-order valence-electron chi connectivity index (χ2n) is 0.856. The van der Waals surface area contributed by atoms with Crippen LogP contribution in [0.15, 0.2) is 37.5 Å². The molecule has 0 radical (unpaired) electrons. The van der Waals surface area contributed by atoms with Gasteiger partial charge in [-0.2, -0.15) is 0 Å². The van der Waals surface area contributed by atoms with Gasteiger partial charge >= 0.3 is 0 Å². The quantitative estimate of drug-likeness (QED) is 0.352. The second-order valence-corrected chi connectivity index (χ2v) is 0.856. The fraction of sp³-hybridized carbons (Fsp3) is 0. The molecule has 0 aromatic carbocycles. The molecule has 0 saturated heterocycles. The zero-order chi connectivity index (χ0) is 4.83. The first-order valence-corrected chi connectivity index (χ1v) is 1.82. The summed E-state index contributed by atoms with van der Waals surface area (Å²) in [4.78, 5) is 0. The molecule has 0 amide bonds. The molecular weight excluding hydrogens is 73.1 g/mol. The Morgan fingerprint density at radius 3 is 1.33 bits per heavy atom. The molecular formula is C6H8. The van der Waals surface area contributed by atoms with E-state index in [1.54, 1.807) is 12.2 Å². The molecule has 0 heterocycles. The van der Waals surface area contributed by atoms with Gasteiger partial charge in [0, 0.05) is 0 Å². The first kappa shape index (κ1) is 5.22. The summed E-state index contributed by atoms with van der Waals surface area (Å²) in [6.45, 7) is 6.93. The van der Waals surface area contributed by atoms with Crippen LogP contribution in [0.25, 0.3) is 0 Å². The van der Waals surface area contributed by atoms with Gasteiger partial charge in [0.15, 0.2) is 0 Å². The van der Waals surface area contributed by atoms with E-state index in [4.69, 9.17) is 0 Å². The summed E-state index contributed by atoms with van der Waals surface area (Å²) in [7, 11) is 0. The number of rotatable bonds is 2. The summed E-state index contributed by atoms with van der Waals surface area (Å²) in [5.74, 6) is 0. The molecule has 0 saturated carbocycles. The number of hydrogen-bond donors (Lipinski definition) is 0. The van der Waals surface area contributed by atoms with Gasteiger partial charge in [-0.1, -0.05) is 37.5 Å². The standard InChI is InChI=1S/C6H8/c1-3-5-6-4-2/h3-6H,1-2H2/i1+1. The van der Waals surface area contributed by atoms with Gasteiger partial charge in [0.1, 0.15) is 0 Å². The smallest absolute Gasteiger partial charge is 0.0629 e. The zero-order valence-corrected chi connectivity index (χ0v) is 3.72. The van der Waals surface area contributed by atoms with Gasteiger partial charge in [-0.15, -0.1) is 0 Å². The molecule has 0 aliphatic rings. The van der Waals surface area contributed by atoms with Crippen molar-refractivity contribution in [1.82, 2.24) is 0 Å². The van der Waals surface area contributed by atoms with Crippen molar-refractivity contribution in [1.29, 1.82) is 0 Å². The van der Waals surface area contributed by atoms with Crippen molar-refractivity contribution in [2.45, 2.75) is 0 Å². The minimum absolute atomic E-state index is 1.71. The largest absolute Gasteiger partial charge is 0.0991 e. The van der Waals surface area contributed by atoms with Crippen LogP contribution in [0.1, 0.15) is 0 Å². The predicted octanol–water partition coefficient (Wildman–Crippen LogP) is 1.91. The zero-order valence-electron chi connectivity index (χ0n) is 3.72. The maximum absolute atomic E-state index is 3.46. The third-order valence-corrected chi connectivity index (χ3v) is 0.383. The third-order valence-electron chi connectivity index (χ3n) is 0.383. The summed E-state index contributed by atoms with van der Waals surface area (Å²) >= 11 is 0. The maximum atomic E-state index is 3.46. The van der Waals surface area contributed by atoms with E-state index in [2.05, 4.69) is 13.2 Å². The van der Waals surface area contributed by atoms with E-state index in [1.807, 2.05) is 12.2 Å². The Kier molecular flexibility index (Phi) is 3.67. The van der Waals surface area contributed by atoms with Gasteiger partial charge in [0.25, 0.3) is 0 Å². The van der Waals surface area contributed by atoms with Crippen molar-refractivity contribution in [3.05, 3.63) is 37.5 Å².